The van der Waals surface area contributed by atoms with Crippen molar-refractivity contribution in [1.82, 2.24) is 14.6 Å². The van der Waals surface area contributed by atoms with Crippen molar-refractivity contribution >= 4 is 11.3 Å². The Bertz CT molecular complexity index is 734. The van der Waals surface area contributed by atoms with Gasteiger partial charge in [-0.2, -0.15) is 5.10 Å². The zero-order valence-corrected chi connectivity index (χ0v) is 9.95. The minimum atomic E-state index is -0.309. The summed E-state index contributed by atoms with van der Waals surface area (Å²) in [6, 6.07) is 5.91. The summed E-state index contributed by atoms with van der Waals surface area (Å²) in [5, 5.41) is 4.09. The van der Waals surface area contributed by atoms with Gasteiger partial charge in [-0.3, -0.25) is 9.78 Å². The van der Waals surface area contributed by atoms with Crippen molar-refractivity contribution < 1.29 is 9.18 Å². The second kappa shape index (κ2) is 4.61. The fraction of sp³-hybridized carbons (Fsp3) is 0.0714. The SMILES string of the molecule is O=C(Cc1ccc(F)cc1)c1cnn2ccncc12. The van der Waals surface area contributed by atoms with Gasteiger partial charge in [0.05, 0.1) is 23.5 Å². The van der Waals surface area contributed by atoms with E-state index in [4.69, 9.17) is 0 Å². The highest BCUT2D eigenvalue weighted by Gasteiger charge is 2.13. The van der Waals surface area contributed by atoms with E-state index in [0.29, 0.717) is 11.1 Å². The Hall–Kier alpha value is -2.56. The Morgan fingerprint density at radius 1 is 1.21 bits per heavy atom. The van der Waals surface area contributed by atoms with Crippen LogP contribution in [0.4, 0.5) is 4.39 Å². The van der Waals surface area contributed by atoms with Crippen LogP contribution in [0.3, 0.4) is 0 Å². The summed E-state index contributed by atoms with van der Waals surface area (Å²) in [5.74, 6) is -0.369. The Kier molecular flexibility index (Phi) is 2.79. The molecule has 0 aliphatic carbocycles. The van der Waals surface area contributed by atoms with Crippen molar-refractivity contribution in [3.05, 3.63) is 66.0 Å². The molecular weight excluding hydrogens is 245 g/mol. The Morgan fingerprint density at radius 2 is 2.00 bits per heavy atom. The second-order valence-corrected chi connectivity index (χ2v) is 4.19. The summed E-state index contributed by atoms with van der Waals surface area (Å²) in [5.41, 5.74) is 1.97. The number of hydrogen-bond acceptors (Lipinski definition) is 3. The number of aromatic nitrogens is 3. The largest absolute Gasteiger partial charge is 0.294 e. The average molecular weight is 255 g/mol. The Morgan fingerprint density at radius 3 is 2.79 bits per heavy atom. The van der Waals surface area contributed by atoms with Gasteiger partial charge >= 0.3 is 0 Å². The molecule has 0 saturated heterocycles. The maximum absolute atomic E-state index is 12.8. The average Bonchev–Trinajstić information content (AvgIpc) is 2.85. The summed E-state index contributed by atoms with van der Waals surface area (Å²) in [6.45, 7) is 0. The lowest BCUT2D eigenvalue weighted by molar-refractivity contribution is 0.0994. The first-order valence-electron chi connectivity index (χ1n) is 5.79. The predicted octanol–water partition coefficient (Wildman–Crippen LogP) is 2.29. The molecule has 0 spiro atoms. The molecule has 0 amide bonds. The highest BCUT2D eigenvalue weighted by atomic mass is 19.1. The molecule has 0 unspecified atom stereocenters. The molecule has 2 aromatic heterocycles. The van der Waals surface area contributed by atoms with Crippen molar-refractivity contribution in [2.45, 2.75) is 6.42 Å². The fourth-order valence-corrected chi connectivity index (χ4v) is 1.93. The minimum Gasteiger partial charge on any atom is -0.294 e. The summed E-state index contributed by atoms with van der Waals surface area (Å²) >= 11 is 0. The third-order valence-electron chi connectivity index (χ3n) is 2.90. The van der Waals surface area contributed by atoms with Crippen LogP contribution in [0.2, 0.25) is 0 Å². The number of carbonyl (C=O) groups excluding carboxylic acids is 1. The van der Waals surface area contributed by atoms with Gasteiger partial charge in [0, 0.05) is 18.8 Å². The molecule has 0 aliphatic heterocycles. The molecule has 0 atom stereocenters. The maximum Gasteiger partial charge on any atom is 0.171 e. The number of carbonyl (C=O) groups is 1. The Labute approximate surface area is 108 Å². The molecule has 19 heavy (non-hydrogen) atoms. The van der Waals surface area contributed by atoms with E-state index >= 15 is 0 Å². The van der Waals surface area contributed by atoms with Gasteiger partial charge in [0.15, 0.2) is 5.78 Å². The third kappa shape index (κ3) is 2.22. The van der Waals surface area contributed by atoms with Gasteiger partial charge in [-0.1, -0.05) is 12.1 Å². The third-order valence-corrected chi connectivity index (χ3v) is 2.90. The molecule has 0 aliphatic rings. The molecule has 0 saturated carbocycles. The van der Waals surface area contributed by atoms with Crippen LogP contribution in [-0.2, 0) is 6.42 Å². The van der Waals surface area contributed by atoms with Crippen LogP contribution >= 0.6 is 0 Å². The first kappa shape index (κ1) is 11.5. The van der Waals surface area contributed by atoms with Crippen molar-refractivity contribution in [2.75, 3.05) is 0 Å². The van der Waals surface area contributed by atoms with Gasteiger partial charge in [-0.25, -0.2) is 8.91 Å². The highest BCUT2D eigenvalue weighted by molar-refractivity contribution is 6.03. The van der Waals surface area contributed by atoms with E-state index in [1.807, 2.05) is 0 Å². The molecule has 0 N–H and O–H groups in total. The standard InChI is InChI=1S/C14H10FN3O/c15-11-3-1-10(2-4-11)7-14(19)12-8-17-18-6-5-16-9-13(12)18/h1-6,8-9H,7H2. The number of hydrogen-bond donors (Lipinski definition) is 0. The first-order chi connectivity index (χ1) is 9.24. The number of Topliss-reactive ketones (excluding diaryl/α,β-unsaturated/α-hetero) is 1. The van der Waals surface area contributed by atoms with E-state index in [1.165, 1.54) is 18.3 Å². The number of rotatable bonds is 3. The molecule has 0 radical (unpaired) electrons. The van der Waals surface area contributed by atoms with Crippen LogP contribution in [0.15, 0.2) is 49.1 Å². The summed E-state index contributed by atoms with van der Waals surface area (Å²) in [4.78, 5) is 16.2. The van der Waals surface area contributed by atoms with Crippen LogP contribution in [-0.4, -0.2) is 20.4 Å². The van der Waals surface area contributed by atoms with E-state index < -0.39 is 0 Å². The monoisotopic (exact) mass is 255 g/mol. The zero-order chi connectivity index (χ0) is 13.2. The fourth-order valence-electron chi connectivity index (χ4n) is 1.93. The van der Waals surface area contributed by atoms with Crippen LogP contribution in [0.25, 0.3) is 5.52 Å². The van der Waals surface area contributed by atoms with Crippen LogP contribution in [0.1, 0.15) is 15.9 Å². The van der Waals surface area contributed by atoms with E-state index in [0.717, 1.165) is 5.56 Å². The van der Waals surface area contributed by atoms with Crippen LogP contribution < -0.4 is 0 Å². The molecule has 94 valence electrons. The number of ketones is 1. The number of benzene rings is 1. The van der Waals surface area contributed by atoms with E-state index in [1.54, 1.807) is 35.2 Å². The second-order valence-electron chi connectivity index (χ2n) is 4.19. The van der Waals surface area contributed by atoms with Gasteiger partial charge in [-0.15, -0.1) is 0 Å². The van der Waals surface area contributed by atoms with Crippen LogP contribution in [0.5, 0.6) is 0 Å². The topological polar surface area (TPSA) is 47.3 Å². The maximum atomic E-state index is 12.8. The summed E-state index contributed by atoms with van der Waals surface area (Å²) in [6.07, 6.45) is 6.64. The molecule has 0 bridgehead atoms. The van der Waals surface area contributed by atoms with E-state index in [9.17, 15) is 9.18 Å². The summed E-state index contributed by atoms with van der Waals surface area (Å²) < 4.78 is 14.4. The minimum absolute atomic E-state index is 0.0605. The lowest BCUT2D eigenvalue weighted by atomic mass is 10.0. The molecular formula is C14H10FN3O. The molecule has 3 rings (SSSR count). The number of nitrogens with zero attached hydrogens (tertiary/aromatic N) is 3. The van der Waals surface area contributed by atoms with Crippen molar-refractivity contribution in [3.8, 4) is 0 Å². The van der Waals surface area contributed by atoms with Crippen molar-refractivity contribution in [1.29, 1.82) is 0 Å². The Balaban J connectivity index is 1.90. The molecule has 0 fully saturated rings. The lowest BCUT2D eigenvalue weighted by Crippen LogP contribution is -2.03. The van der Waals surface area contributed by atoms with Gasteiger partial charge in [0.2, 0.25) is 0 Å². The normalized spacial score (nSPS) is 10.8. The van der Waals surface area contributed by atoms with Crippen LogP contribution in [0, 0.1) is 5.82 Å². The highest BCUT2D eigenvalue weighted by Crippen LogP contribution is 2.13. The number of halogens is 1. The smallest absolute Gasteiger partial charge is 0.171 e. The molecule has 5 heteroatoms. The first-order valence-corrected chi connectivity index (χ1v) is 5.79. The van der Waals surface area contributed by atoms with Gasteiger partial charge in [0.25, 0.3) is 0 Å². The molecule has 1 aromatic carbocycles. The van der Waals surface area contributed by atoms with Gasteiger partial charge in [0.1, 0.15) is 5.82 Å². The quantitative estimate of drug-likeness (QED) is 0.675. The van der Waals surface area contributed by atoms with Gasteiger partial charge in [-0.05, 0) is 17.7 Å². The van der Waals surface area contributed by atoms with Gasteiger partial charge < -0.3 is 0 Å². The molecule has 3 aromatic rings. The number of fused-ring (bicyclic) bond motifs is 1. The molecule has 4 nitrogen and oxygen atoms in total. The lowest BCUT2D eigenvalue weighted by Gasteiger charge is -2.00. The summed E-state index contributed by atoms with van der Waals surface area (Å²) in [7, 11) is 0. The predicted molar refractivity (Wildman–Crippen MR) is 67.4 cm³/mol. The van der Waals surface area contributed by atoms with Crippen molar-refractivity contribution in [3.63, 3.8) is 0 Å². The van der Waals surface area contributed by atoms with E-state index in [-0.39, 0.29) is 18.0 Å². The van der Waals surface area contributed by atoms with Crippen molar-refractivity contribution in [2.24, 2.45) is 0 Å². The molecule has 2 heterocycles. The van der Waals surface area contributed by atoms with E-state index in [2.05, 4.69) is 10.1 Å². The zero-order valence-electron chi connectivity index (χ0n) is 9.95.